The van der Waals surface area contributed by atoms with Crippen molar-refractivity contribution in [1.29, 1.82) is 0 Å². The molecule has 0 aliphatic carbocycles. The molecule has 1 rings (SSSR count). The largest absolute Gasteiger partial charge is 0.474 e. The Labute approximate surface area is 70.5 Å². The Morgan fingerprint density at radius 1 is 1.42 bits per heavy atom. The van der Waals surface area contributed by atoms with E-state index >= 15 is 0 Å². The lowest BCUT2D eigenvalue weighted by Crippen LogP contribution is -2.06. The minimum Gasteiger partial charge on any atom is -0.474 e. The third-order valence-electron chi connectivity index (χ3n) is 1.17. The van der Waals surface area contributed by atoms with E-state index in [9.17, 15) is 0 Å². The number of nitrogen functional groups attached to an aromatic ring is 1. The zero-order valence-corrected chi connectivity index (χ0v) is 6.86. The third kappa shape index (κ3) is 2.71. The third-order valence-corrected chi connectivity index (χ3v) is 1.17. The van der Waals surface area contributed by atoms with E-state index < -0.39 is 0 Å². The SMILES string of the molecule is COCCOc1cncc(N)n1. The summed E-state index contributed by atoms with van der Waals surface area (Å²) in [5, 5.41) is 0. The van der Waals surface area contributed by atoms with E-state index in [1.54, 1.807) is 7.11 Å². The molecule has 1 aromatic heterocycles. The summed E-state index contributed by atoms with van der Waals surface area (Å²) in [5.41, 5.74) is 5.38. The van der Waals surface area contributed by atoms with Gasteiger partial charge >= 0.3 is 0 Å². The molecule has 5 nitrogen and oxygen atoms in total. The molecule has 0 aliphatic heterocycles. The van der Waals surface area contributed by atoms with Crippen molar-refractivity contribution in [3.05, 3.63) is 12.4 Å². The predicted octanol–water partition coefficient (Wildman–Crippen LogP) is 0.0840. The van der Waals surface area contributed by atoms with Crippen LogP contribution in [0.4, 0.5) is 5.82 Å². The normalized spacial score (nSPS) is 9.75. The van der Waals surface area contributed by atoms with Crippen molar-refractivity contribution in [3.8, 4) is 5.88 Å². The second-order valence-electron chi connectivity index (χ2n) is 2.12. The van der Waals surface area contributed by atoms with Crippen LogP contribution >= 0.6 is 0 Å². The van der Waals surface area contributed by atoms with Crippen molar-refractivity contribution < 1.29 is 9.47 Å². The highest BCUT2D eigenvalue weighted by atomic mass is 16.5. The highest BCUT2D eigenvalue weighted by molar-refractivity contribution is 5.25. The van der Waals surface area contributed by atoms with Gasteiger partial charge in [0.1, 0.15) is 12.4 Å². The maximum Gasteiger partial charge on any atom is 0.234 e. The fourth-order valence-electron chi connectivity index (χ4n) is 0.661. The highest BCUT2D eigenvalue weighted by Crippen LogP contribution is 2.04. The molecule has 12 heavy (non-hydrogen) atoms. The molecule has 0 amide bonds. The van der Waals surface area contributed by atoms with Crippen LogP contribution in [0.15, 0.2) is 12.4 Å². The number of nitrogens with two attached hydrogens (primary N) is 1. The Morgan fingerprint density at radius 3 is 2.92 bits per heavy atom. The van der Waals surface area contributed by atoms with Crippen LogP contribution in [-0.4, -0.2) is 30.3 Å². The van der Waals surface area contributed by atoms with Crippen LogP contribution < -0.4 is 10.5 Å². The molecule has 0 unspecified atom stereocenters. The Kier molecular flexibility index (Phi) is 3.28. The molecule has 0 saturated heterocycles. The van der Waals surface area contributed by atoms with E-state index in [1.165, 1.54) is 12.4 Å². The summed E-state index contributed by atoms with van der Waals surface area (Å²) in [5.74, 6) is 0.775. The molecule has 0 saturated carbocycles. The number of hydrogen-bond acceptors (Lipinski definition) is 5. The molecule has 0 radical (unpaired) electrons. The average molecular weight is 169 g/mol. The van der Waals surface area contributed by atoms with Gasteiger partial charge in [-0.1, -0.05) is 0 Å². The van der Waals surface area contributed by atoms with Gasteiger partial charge in [-0.05, 0) is 0 Å². The molecule has 0 fully saturated rings. The van der Waals surface area contributed by atoms with E-state index in [0.29, 0.717) is 24.9 Å². The fourth-order valence-corrected chi connectivity index (χ4v) is 0.661. The standard InChI is InChI=1S/C7H11N3O2/c1-11-2-3-12-7-5-9-4-6(8)10-7/h4-5H,2-3H2,1H3,(H2,8,10). The highest BCUT2D eigenvalue weighted by Gasteiger charge is 1.95. The minimum absolute atomic E-state index is 0.352. The van der Waals surface area contributed by atoms with Crippen LogP contribution in [0.3, 0.4) is 0 Å². The Bertz CT molecular complexity index is 242. The van der Waals surface area contributed by atoms with E-state index in [-0.39, 0.29) is 0 Å². The quantitative estimate of drug-likeness (QED) is 0.646. The van der Waals surface area contributed by atoms with Crippen molar-refractivity contribution in [1.82, 2.24) is 9.97 Å². The minimum atomic E-state index is 0.352. The number of methoxy groups -OCH3 is 1. The van der Waals surface area contributed by atoms with Gasteiger partial charge in [0.15, 0.2) is 0 Å². The smallest absolute Gasteiger partial charge is 0.234 e. The van der Waals surface area contributed by atoms with Gasteiger partial charge in [-0.3, -0.25) is 4.98 Å². The first-order chi connectivity index (χ1) is 5.83. The van der Waals surface area contributed by atoms with Crippen LogP contribution in [0.2, 0.25) is 0 Å². The summed E-state index contributed by atoms with van der Waals surface area (Å²) in [7, 11) is 1.61. The van der Waals surface area contributed by atoms with Crippen molar-refractivity contribution in [2.45, 2.75) is 0 Å². The number of hydrogen-bond donors (Lipinski definition) is 1. The molecule has 1 aromatic rings. The Morgan fingerprint density at radius 2 is 2.25 bits per heavy atom. The number of anilines is 1. The fraction of sp³-hybridized carbons (Fsp3) is 0.429. The molecule has 0 spiro atoms. The van der Waals surface area contributed by atoms with E-state index in [2.05, 4.69) is 9.97 Å². The maximum atomic E-state index is 5.38. The second-order valence-corrected chi connectivity index (χ2v) is 2.12. The topological polar surface area (TPSA) is 70.3 Å². The lowest BCUT2D eigenvalue weighted by Gasteiger charge is -2.03. The lowest BCUT2D eigenvalue weighted by molar-refractivity contribution is 0.143. The zero-order chi connectivity index (χ0) is 8.81. The molecular weight excluding hydrogens is 158 g/mol. The van der Waals surface area contributed by atoms with Gasteiger partial charge < -0.3 is 15.2 Å². The number of nitrogens with zero attached hydrogens (tertiary/aromatic N) is 2. The van der Waals surface area contributed by atoms with Gasteiger partial charge in [-0.15, -0.1) is 0 Å². The van der Waals surface area contributed by atoms with Crippen LogP contribution in [0.1, 0.15) is 0 Å². The van der Waals surface area contributed by atoms with E-state index in [4.69, 9.17) is 15.2 Å². The molecule has 0 aromatic carbocycles. The summed E-state index contributed by atoms with van der Waals surface area (Å²) >= 11 is 0. The summed E-state index contributed by atoms with van der Waals surface area (Å²) in [6.45, 7) is 0.977. The van der Waals surface area contributed by atoms with Crippen molar-refractivity contribution in [2.24, 2.45) is 0 Å². The summed E-state index contributed by atoms with van der Waals surface area (Å²) in [4.78, 5) is 7.69. The van der Waals surface area contributed by atoms with E-state index in [0.717, 1.165) is 0 Å². The second kappa shape index (κ2) is 4.50. The Balaban J connectivity index is 2.41. The maximum absolute atomic E-state index is 5.38. The van der Waals surface area contributed by atoms with Gasteiger partial charge in [0.2, 0.25) is 5.88 Å². The summed E-state index contributed by atoms with van der Waals surface area (Å²) in [6.07, 6.45) is 2.97. The predicted molar refractivity (Wildman–Crippen MR) is 43.8 cm³/mol. The van der Waals surface area contributed by atoms with Crippen LogP contribution in [0.25, 0.3) is 0 Å². The molecule has 0 aliphatic rings. The summed E-state index contributed by atoms with van der Waals surface area (Å²) < 4.78 is 9.94. The summed E-state index contributed by atoms with van der Waals surface area (Å²) in [6, 6.07) is 0. The van der Waals surface area contributed by atoms with E-state index in [1.807, 2.05) is 0 Å². The average Bonchev–Trinajstić information content (AvgIpc) is 2.05. The van der Waals surface area contributed by atoms with Gasteiger partial charge in [0.25, 0.3) is 0 Å². The van der Waals surface area contributed by atoms with Crippen molar-refractivity contribution >= 4 is 5.82 Å². The number of aromatic nitrogens is 2. The molecular formula is C7H11N3O2. The number of ether oxygens (including phenoxy) is 2. The monoisotopic (exact) mass is 169 g/mol. The molecule has 66 valence electrons. The Hall–Kier alpha value is -1.36. The van der Waals surface area contributed by atoms with Gasteiger partial charge in [0, 0.05) is 7.11 Å². The zero-order valence-electron chi connectivity index (χ0n) is 6.86. The first-order valence-electron chi connectivity index (χ1n) is 3.52. The molecule has 5 heteroatoms. The van der Waals surface area contributed by atoms with Gasteiger partial charge in [0.05, 0.1) is 19.0 Å². The lowest BCUT2D eigenvalue weighted by atomic mass is 10.6. The first kappa shape index (κ1) is 8.73. The number of rotatable bonds is 4. The van der Waals surface area contributed by atoms with Crippen LogP contribution in [0.5, 0.6) is 5.88 Å². The molecule has 2 N–H and O–H groups in total. The van der Waals surface area contributed by atoms with Crippen molar-refractivity contribution in [2.75, 3.05) is 26.1 Å². The van der Waals surface area contributed by atoms with Crippen molar-refractivity contribution in [3.63, 3.8) is 0 Å². The molecule has 0 bridgehead atoms. The van der Waals surface area contributed by atoms with Gasteiger partial charge in [-0.25, -0.2) is 0 Å². The van der Waals surface area contributed by atoms with Crippen LogP contribution in [0, 0.1) is 0 Å². The van der Waals surface area contributed by atoms with Gasteiger partial charge in [-0.2, -0.15) is 4.98 Å². The molecule has 1 heterocycles. The molecule has 0 atom stereocenters. The van der Waals surface area contributed by atoms with Crippen LogP contribution in [-0.2, 0) is 4.74 Å². The first-order valence-corrected chi connectivity index (χ1v) is 3.52.